The van der Waals surface area contributed by atoms with Crippen LogP contribution in [-0.2, 0) is 7.05 Å². The van der Waals surface area contributed by atoms with Crippen LogP contribution in [0.25, 0.3) is 10.2 Å². The first kappa shape index (κ1) is 16.1. The highest BCUT2D eigenvalue weighted by atomic mass is 127. The summed E-state index contributed by atoms with van der Waals surface area (Å²) in [6, 6.07) is 0. The molecule has 0 fully saturated rings. The molecular formula is C14H14IN5O2S. The monoisotopic (exact) mass is 443 g/mol. The third kappa shape index (κ3) is 2.57. The number of hydrogen-bond donors (Lipinski definition) is 1. The minimum absolute atomic E-state index is 0.264. The largest absolute Gasteiger partial charge is 0.289 e. The molecule has 1 N–H and O–H groups in total. The Morgan fingerprint density at radius 1 is 1.35 bits per heavy atom. The lowest BCUT2D eigenvalue weighted by atomic mass is 10.2. The van der Waals surface area contributed by atoms with Crippen LogP contribution >= 0.6 is 33.9 Å². The van der Waals surface area contributed by atoms with Gasteiger partial charge in [-0.05, 0) is 48.9 Å². The zero-order valence-electron chi connectivity index (χ0n) is 13.0. The fraction of sp³-hybridized carbons (Fsp3) is 0.286. The summed E-state index contributed by atoms with van der Waals surface area (Å²) in [6.45, 7) is 5.54. The average Bonchev–Trinajstić information content (AvgIpc) is 2.95. The first-order valence-electron chi connectivity index (χ1n) is 6.79. The second kappa shape index (κ2) is 5.71. The zero-order chi connectivity index (χ0) is 16.9. The summed E-state index contributed by atoms with van der Waals surface area (Å²) < 4.78 is 3.39. The minimum atomic E-state index is -0.398. The average molecular weight is 443 g/mol. The third-order valence-electron chi connectivity index (χ3n) is 3.69. The van der Waals surface area contributed by atoms with Gasteiger partial charge in [0.25, 0.3) is 11.5 Å². The number of halogens is 1. The lowest BCUT2D eigenvalue weighted by molar-refractivity contribution is 0.0996. The summed E-state index contributed by atoms with van der Waals surface area (Å²) >= 11 is 3.52. The molecule has 0 spiro atoms. The van der Waals surface area contributed by atoms with E-state index in [0.29, 0.717) is 25.3 Å². The third-order valence-corrected chi connectivity index (χ3v) is 5.58. The van der Waals surface area contributed by atoms with Crippen molar-refractivity contribution >= 4 is 50.1 Å². The Bertz CT molecular complexity index is 981. The topological polar surface area (TPSA) is 81.8 Å². The van der Waals surface area contributed by atoms with E-state index in [1.807, 2.05) is 36.4 Å². The van der Waals surface area contributed by atoms with Crippen molar-refractivity contribution in [3.63, 3.8) is 0 Å². The van der Waals surface area contributed by atoms with Crippen molar-refractivity contribution in [1.82, 2.24) is 19.4 Å². The van der Waals surface area contributed by atoms with Gasteiger partial charge in [0, 0.05) is 11.9 Å². The molecule has 0 bridgehead atoms. The molecule has 0 atom stereocenters. The van der Waals surface area contributed by atoms with E-state index in [-0.39, 0.29) is 5.56 Å². The Balaban J connectivity index is 2.12. The molecule has 3 aromatic heterocycles. The second-order valence-corrected chi connectivity index (χ2v) is 7.53. The molecule has 7 nitrogen and oxygen atoms in total. The second-order valence-electron chi connectivity index (χ2n) is 5.17. The number of nitrogens with zero attached hydrogens (tertiary/aromatic N) is 4. The van der Waals surface area contributed by atoms with Gasteiger partial charge < -0.3 is 0 Å². The number of carbonyl (C=O) groups is 1. The van der Waals surface area contributed by atoms with Crippen molar-refractivity contribution in [2.24, 2.45) is 7.05 Å². The molecule has 1 amide bonds. The lowest BCUT2D eigenvalue weighted by Gasteiger charge is -2.11. The molecular weight excluding hydrogens is 429 g/mol. The summed E-state index contributed by atoms with van der Waals surface area (Å²) in [5, 5.41) is 4.59. The molecule has 0 saturated heterocycles. The van der Waals surface area contributed by atoms with E-state index in [0.717, 1.165) is 10.4 Å². The van der Waals surface area contributed by atoms with Crippen LogP contribution in [-0.4, -0.2) is 25.3 Å². The van der Waals surface area contributed by atoms with Crippen LogP contribution in [0.1, 0.15) is 26.8 Å². The highest BCUT2D eigenvalue weighted by Crippen LogP contribution is 2.26. The van der Waals surface area contributed by atoms with Gasteiger partial charge in [-0.1, -0.05) is 0 Å². The van der Waals surface area contributed by atoms with Crippen molar-refractivity contribution in [2.45, 2.75) is 20.8 Å². The Labute approximate surface area is 149 Å². The molecule has 0 saturated carbocycles. The Morgan fingerprint density at radius 2 is 2.04 bits per heavy atom. The van der Waals surface area contributed by atoms with E-state index in [4.69, 9.17) is 0 Å². The number of amides is 1. The van der Waals surface area contributed by atoms with Gasteiger partial charge in [0.2, 0.25) is 0 Å². The predicted molar refractivity (Wildman–Crippen MR) is 97.7 cm³/mol. The normalized spacial score (nSPS) is 11.2. The van der Waals surface area contributed by atoms with Gasteiger partial charge in [0.05, 0.1) is 15.2 Å². The fourth-order valence-electron chi connectivity index (χ4n) is 2.35. The van der Waals surface area contributed by atoms with Crippen LogP contribution < -0.4 is 11.0 Å². The SMILES string of the molecule is Cc1sc2nc(C)n(NC(=O)c3c(I)cnn3C)c(=O)c2c1C. The van der Waals surface area contributed by atoms with Crippen LogP contribution in [0.3, 0.4) is 0 Å². The van der Waals surface area contributed by atoms with Crippen LogP contribution in [0.4, 0.5) is 0 Å². The Hall–Kier alpha value is -1.75. The summed E-state index contributed by atoms with van der Waals surface area (Å²) in [4.78, 5) is 31.4. The maximum Gasteiger partial charge on any atom is 0.289 e. The van der Waals surface area contributed by atoms with Gasteiger partial charge >= 0.3 is 0 Å². The number of nitrogens with one attached hydrogen (secondary N) is 1. The molecule has 0 aromatic carbocycles. The number of fused-ring (bicyclic) bond motifs is 1. The van der Waals surface area contributed by atoms with Crippen molar-refractivity contribution in [3.8, 4) is 0 Å². The number of aromatic nitrogens is 4. The molecule has 0 aliphatic heterocycles. The van der Waals surface area contributed by atoms with E-state index >= 15 is 0 Å². The summed E-state index contributed by atoms with van der Waals surface area (Å²) in [5.74, 6) is 0.0413. The van der Waals surface area contributed by atoms with Gasteiger partial charge in [-0.2, -0.15) is 5.10 Å². The summed E-state index contributed by atoms with van der Waals surface area (Å²) in [5.41, 5.74) is 3.67. The maximum atomic E-state index is 12.7. The number of hydrogen-bond acceptors (Lipinski definition) is 5. The Morgan fingerprint density at radius 3 is 2.65 bits per heavy atom. The molecule has 23 heavy (non-hydrogen) atoms. The van der Waals surface area contributed by atoms with Crippen LogP contribution in [0.5, 0.6) is 0 Å². The van der Waals surface area contributed by atoms with Crippen LogP contribution in [0.2, 0.25) is 0 Å². The van der Waals surface area contributed by atoms with Gasteiger partial charge in [0.15, 0.2) is 0 Å². The van der Waals surface area contributed by atoms with Crippen LogP contribution in [0.15, 0.2) is 11.0 Å². The highest BCUT2D eigenvalue weighted by molar-refractivity contribution is 14.1. The van der Waals surface area contributed by atoms with Crippen LogP contribution in [0, 0.1) is 24.3 Å². The summed E-state index contributed by atoms with van der Waals surface area (Å²) in [6.07, 6.45) is 1.60. The first-order chi connectivity index (χ1) is 10.8. The van der Waals surface area contributed by atoms with E-state index in [1.165, 1.54) is 20.7 Å². The van der Waals surface area contributed by atoms with E-state index in [9.17, 15) is 9.59 Å². The maximum absolute atomic E-state index is 12.7. The van der Waals surface area contributed by atoms with Crippen molar-refractivity contribution in [1.29, 1.82) is 0 Å². The number of aryl methyl sites for hydroxylation is 4. The van der Waals surface area contributed by atoms with E-state index in [2.05, 4.69) is 15.5 Å². The molecule has 3 rings (SSSR count). The van der Waals surface area contributed by atoms with Crippen molar-refractivity contribution < 1.29 is 4.79 Å². The molecule has 0 unspecified atom stereocenters. The van der Waals surface area contributed by atoms with Gasteiger partial charge in [0.1, 0.15) is 16.3 Å². The quantitative estimate of drug-likeness (QED) is 0.616. The molecule has 0 aliphatic carbocycles. The lowest BCUT2D eigenvalue weighted by Crippen LogP contribution is -2.36. The molecule has 3 heterocycles. The standard InChI is InChI=1S/C14H14IN5O2S/c1-6-7(2)23-13-10(6)14(22)20(8(3)17-13)18-12(21)11-9(15)5-16-19(11)4/h5H,1-4H3,(H,18,21). The molecule has 9 heteroatoms. The highest BCUT2D eigenvalue weighted by Gasteiger charge is 2.19. The fourth-order valence-corrected chi connectivity index (χ4v) is 4.13. The molecule has 120 valence electrons. The molecule has 0 aliphatic rings. The number of thiophene rings is 1. The predicted octanol–water partition coefficient (Wildman–Crippen LogP) is 2.11. The molecule has 3 aromatic rings. The number of rotatable bonds is 2. The smallest absolute Gasteiger partial charge is 0.267 e. The van der Waals surface area contributed by atoms with Gasteiger partial charge in [-0.15, -0.1) is 11.3 Å². The van der Waals surface area contributed by atoms with Gasteiger partial charge in [-0.3, -0.25) is 19.7 Å². The minimum Gasteiger partial charge on any atom is -0.267 e. The van der Waals surface area contributed by atoms with Gasteiger partial charge in [-0.25, -0.2) is 9.66 Å². The zero-order valence-corrected chi connectivity index (χ0v) is 15.9. The van der Waals surface area contributed by atoms with Crippen molar-refractivity contribution in [3.05, 3.63) is 42.1 Å². The summed E-state index contributed by atoms with van der Waals surface area (Å²) in [7, 11) is 1.68. The number of carbonyl (C=O) groups excluding carboxylic acids is 1. The van der Waals surface area contributed by atoms with E-state index < -0.39 is 5.91 Å². The molecule has 0 radical (unpaired) electrons. The van der Waals surface area contributed by atoms with Crippen molar-refractivity contribution in [2.75, 3.05) is 5.43 Å². The first-order valence-corrected chi connectivity index (χ1v) is 8.69. The van der Waals surface area contributed by atoms with E-state index in [1.54, 1.807) is 20.2 Å². The Kier molecular flexibility index (Phi) is 4.00.